The molecule has 5 heteroatoms. The smallest absolute Gasteiger partial charge is 0.253 e. The van der Waals surface area contributed by atoms with Gasteiger partial charge in [-0.2, -0.15) is 0 Å². The number of pyridine rings is 1. The Morgan fingerprint density at radius 1 is 1.35 bits per heavy atom. The standard InChI is InChI=1S/C21H23N3O2/c1-26-19-6-2-5-18(12-19)21(25)24-9-3-4-15(14-24)10-16-11-17-7-8-22-20(17)23-13-16/h2,5-8,11-13,15H,3-4,9-10,14H2,1H3,(H,22,23)/t15-/m1/s1. The number of aromatic amines is 1. The molecule has 3 aromatic rings. The summed E-state index contributed by atoms with van der Waals surface area (Å²) in [5.74, 6) is 1.28. The number of H-pyrrole nitrogens is 1. The largest absolute Gasteiger partial charge is 0.497 e. The maximum absolute atomic E-state index is 12.9. The molecule has 1 atom stereocenters. The number of carbonyl (C=O) groups is 1. The van der Waals surface area contributed by atoms with Gasteiger partial charge in [0.05, 0.1) is 7.11 Å². The Hall–Kier alpha value is -2.82. The van der Waals surface area contributed by atoms with Crippen LogP contribution >= 0.6 is 0 Å². The van der Waals surface area contributed by atoms with Crippen molar-refractivity contribution in [1.29, 1.82) is 0 Å². The highest BCUT2D eigenvalue weighted by molar-refractivity contribution is 5.94. The van der Waals surface area contributed by atoms with Gasteiger partial charge in [-0.3, -0.25) is 4.79 Å². The third-order valence-electron chi connectivity index (χ3n) is 5.10. The van der Waals surface area contributed by atoms with Crippen LogP contribution in [0, 0.1) is 5.92 Å². The quantitative estimate of drug-likeness (QED) is 0.782. The molecule has 0 saturated carbocycles. The lowest BCUT2D eigenvalue weighted by molar-refractivity contribution is 0.0673. The van der Waals surface area contributed by atoms with Crippen LogP contribution in [0.5, 0.6) is 5.75 Å². The number of aromatic nitrogens is 2. The number of nitrogens with one attached hydrogen (secondary N) is 1. The number of likely N-dealkylation sites (tertiary alicyclic amines) is 1. The van der Waals surface area contributed by atoms with E-state index in [1.54, 1.807) is 7.11 Å². The van der Waals surface area contributed by atoms with Crippen LogP contribution in [0.3, 0.4) is 0 Å². The summed E-state index contributed by atoms with van der Waals surface area (Å²) in [5, 5.41) is 1.14. The van der Waals surface area contributed by atoms with Crippen molar-refractivity contribution < 1.29 is 9.53 Å². The summed E-state index contributed by atoms with van der Waals surface area (Å²) in [6.07, 6.45) is 7.00. The van der Waals surface area contributed by atoms with E-state index in [9.17, 15) is 4.79 Å². The van der Waals surface area contributed by atoms with Crippen LogP contribution in [-0.2, 0) is 6.42 Å². The van der Waals surface area contributed by atoms with E-state index in [2.05, 4.69) is 16.0 Å². The second-order valence-electron chi connectivity index (χ2n) is 6.95. The van der Waals surface area contributed by atoms with Gasteiger partial charge >= 0.3 is 0 Å². The van der Waals surface area contributed by atoms with E-state index in [1.165, 1.54) is 5.56 Å². The van der Waals surface area contributed by atoms with Gasteiger partial charge in [0, 0.05) is 36.4 Å². The van der Waals surface area contributed by atoms with E-state index in [0.717, 1.165) is 49.1 Å². The summed E-state index contributed by atoms with van der Waals surface area (Å²) in [5.41, 5.74) is 2.85. The summed E-state index contributed by atoms with van der Waals surface area (Å²) in [7, 11) is 1.62. The molecule has 0 unspecified atom stereocenters. The van der Waals surface area contributed by atoms with Crippen molar-refractivity contribution in [1.82, 2.24) is 14.9 Å². The summed E-state index contributed by atoms with van der Waals surface area (Å²) in [6, 6.07) is 11.6. The van der Waals surface area contributed by atoms with Gasteiger partial charge in [0.2, 0.25) is 0 Å². The van der Waals surface area contributed by atoms with Gasteiger partial charge in [-0.05, 0) is 61.1 Å². The van der Waals surface area contributed by atoms with Crippen molar-refractivity contribution in [2.24, 2.45) is 5.92 Å². The van der Waals surface area contributed by atoms with Crippen molar-refractivity contribution in [3.05, 3.63) is 59.9 Å². The fourth-order valence-corrected chi connectivity index (χ4v) is 3.79. The Morgan fingerprint density at radius 2 is 2.27 bits per heavy atom. The van der Waals surface area contributed by atoms with Crippen molar-refractivity contribution in [2.45, 2.75) is 19.3 Å². The first-order chi connectivity index (χ1) is 12.7. The molecule has 0 bridgehead atoms. The minimum Gasteiger partial charge on any atom is -0.497 e. The number of piperidine rings is 1. The maximum atomic E-state index is 12.9. The van der Waals surface area contributed by atoms with Crippen LogP contribution in [0.2, 0.25) is 0 Å². The zero-order valence-electron chi connectivity index (χ0n) is 14.9. The Labute approximate surface area is 153 Å². The van der Waals surface area contributed by atoms with Crippen molar-refractivity contribution in [3.63, 3.8) is 0 Å². The summed E-state index contributed by atoms with van der Waals surface area (Å²) < 4.78 is 5.24. The molecule has 1 aliphatic heterocycles. The van der Waals surface area contributed by atoms with Gasteiger partial charge in [-0.15, -0.1) is 0 Å². The van der Waals surface area contributed by atoms with Crippen LogP contribution in [0.15, 0.2) is 48.8 Å². The number of carbonyl (C=O) groups excluding carboxylic acids is 1. The number of fused-ring (bicyclic) bond motifs is 1. The number of amides is 1. The average Bonchev–Trinajstić information content (AvgIpc) is 3.15. The Balaban J connectivity index is 1.45. The highest BCUT2D eigenvalue weighted by Gasteiger charge is 2.25. The number of nitrogens with zero attached hydrogens (tertiary/aromatic N) is 2. The molecule has 1 fully saturated rings. The third-order valence-corrected chi connectivity index (χ3v) is 5.10. The number of methoxy groups -OCH3 is 1. The van der Waals surface area contributed by atoms with E-state index in [1.807, 2.05) is 47.6 Å². The monoisotopic (exact) mass is 349 g/mol. The molecule has 26 heavy (non-hydrogen) atoms. The summed E-state index contributed by atoms with van der Waals surface area (Å²) in [4.78, 5) is 22.4. The lowest BCUT2D eigenvalue weighted by Crippen LogP contribution is -2.40. The third kappa shape index (κ3) is 3.43. The summed E-state index contributed by atoms with van der Waals surface area (Å²) in [6.45, 7) is 1.61. The average molecular weight is 349 g/mol. The number of hydrogen-bond donors (Lipinski definition) is 1. The Morgan fingerprint density at radius 3 is 3.15 bits per heavy atom. The van der Waals surface area contributed by atoms with Crippen LogP contribution in [-0.4, -0.2) is 41.0 Å². The first kappa shape index (κ1) is 16.6. The van der Waals surface area contributed by atoms with E-state index in [0.29, 0.717) is 11.5 Å². The van der Waals surface area contributed by atoms with Crippen molar-refractivity contribution in [3.8, 4) is 5.75 Å². The molecule has 1 saturated heterocycles. The Bertz CT molecular complexity index is 918. The van der Waals surface area contributed by atoms with Gasteiger partial charge in [-0.25, -0.2) is 4.98 Å². The predicted octanol–water partition coefficient (Wildman–Crippen LogP) is 3.67. The van der Waals surface area contributed by atoms with E-state index in [-0.39, 0.29) is 5.91 Å². The van der Waals surface area contributed by atoms with Crippen LogP contribution in [0.25, 0.3) is 11.0 Å². The summed E-state index contributed by atoms with van der Waals surface area (Å²) >= 11 is 0. The molecule has 2 aromatic heterocycles. The molecule has 1 aliphatic rings. The van der Waals surface area contributed by atoms with Crippen LogP contribution in [0.4, 0.5) is 0 Å². The molecule has 3 heterocycles. The topological polar surface area (TPSA) is 58.2 Å². The molecule has 1 aromatic carbocycles. The fraction of sp³-hybridized carbons (Fsp3) is 0.333. The van der Waals surface area contributed by atoms with Gasteiger partial charge in [0.25, 0.3) is 5.91 Å². The lowest BCUT2D eigenvalue weighted by atomic mass is 9.91. The van der Waals surface area contributed by atoms with Gasteiger partial charge in [0.15, 0.2) is 0 Å². The molecular weight excluding hydrogens is 326 g/mol. The zero-order chi connectivity index (χ0) is 17.9. The van der Waals surface area contributed by atoms with Crippen LogP contribution < -0.4 is 4.74 Å². The minimum absolute atomic E-state index is 0.0906. The number of ether oxygens (including phenoxy) is 1. The molecule has 134 valence electrons. The number of benzene rings is 1. The molecule has 0 spiro atoms. The number of rotatable bonds is 4. The zero-order valence-corrected chi connectivity index (χ0v) is 14.9. The molecule has 0 aliphatic carbocycles. The highest BCUT2D eigenvalue weighted by Crippen LogP contribution is 2.24. The van der Waals surface area contributed by atoms with E-state index < -0.39 is 0 Å². The van der Waals surface area contributed by atoms with Gasteiger partial charge in [-0.1, -0.05) is 6.07 Å². The molecule has 1 N–H and O–H groups in total. The normalized spacial score (nSPS) is 17.4. The first-order valence-corrected chi connectivity index (χ1v) is 9.08. The van der Waals surface area contributed by atoms with E-state index in [4.69, 9.17) is 4.74 Å². The lowest BCUT2D eigenvalue weighted by Gasteiger charge is -2.33. The van der Waals surface area contributed by atoms with E-state index >= 15 is 0 Å². The minimum atomic E-state index is 0.0906. The molecule has 5 nitrogen and oxygen atoms in total. The second kappa shape index (κ2) is 7.20. The van der Waals surface area contributed by atoms with Gasteiger partial charge in [0.1, 0.15) is 11.4 Å². The molecule has 0 radical (unpaired) electrons. The van der Waals surface area contributed by atoms with Crippen LogP contribution in [0.1, 0.15) is 28.8 Å². The highest BCUT2D eigenvalue weighted by atomic mass is 16.5. The molecular formula is C21H23N3O2. The van der Waals surface area contributed by atoms with Gasteiger partial charge < -0.3 is 14.6 Å². The Kier molecular flexibility index (Phi) is 4.61. The maximum Gasteiger partial charge on any atom is 0.253 e. The first-order valence-electron chi connectivity index (χ1n) is 9.08. The second-order valence-corrected chi connectivity index (χ2v) is 6.95. The van der Waals surface area contributed by atoms with Crippen molar-refractivity contribution in [2.75, 3.05) is 20.2 Å². The number of hydrogen-bond acceptors (Lipinski definition) is 3. The fourth-order valence-electron chi connectivity index (χ4n) is 3.79. The SMILES string of the molecule is COc1cccc(C(=O)N2CCC[C@H](Cc3cnc4[nH]ccc4c3)C2)c1. The predicted molar refractivity (Wildman–Crippen MR) is 101 cm³/mol. The molecule has 4 rings (SSSR count). The molecule has 1 amide bonds. The van der Waals surface area contributed by atoms with Crippen molar-refractivity contribution >= 4 is 16.9 Å².